The predicted octanol–water partition coefficient (Wildman–Crippen LogP) is 3.49. The van der Waals surface area contributed by atoms with Gasteiger partial charge in [0.1, 0.15) is 6.10 Å². The minimum absolute atomic E-state index is 0.989. The molecule has 27 heavy (non-hydrogen) atoms. The van der Waals surface area contributed by atoms with Crippen molar-refractivity contribution >= 4 is 0 Å². The highest BCUT2D eigenvalue weighted by molar-refractivity contribution is 5.10. The summed E-state index contributed by atoms with van der Waals surface area (Å²) in [5, 5.41) is 17.0. The standard InChI is InChI=1S/C11H11F13O3/c12-6(13,1-2-27-4-5(26)3-25)7(14,15)8(16,17)9(18,19)10(20,21)11(22,23)24/h5,25-26H,1-4H2/t5-/m0/s1. The Morgan fingerprint density at radius 2 is 1.07 bits per heavy atom. The van der Waals surface area contributed by atoms with Gasteiger partial charge in [-0.3, -0.25) is 0 Å². The van der Waals surface area contributed by atoms with Gasteiger partial charge in [-0.05, 0) is 0 Å². The van der Waals surface area contributed by atoms with E-state index in [0.29, 0.717) is 0 Å². The van der Waals surface area contributed by atoms with Gasteiger partial charge in [0, 0.05) is 6.42 Å². The molecule has 0 amide bonds. The van der Waals surface area contributed by atoms with Gasteiger partial charge in [-0.2, -0.15) is 57.1 Å². The zero-order valence-corrected chi connectivity index (χ0v) is 12.6. The quantitative estimate of drug-likeness (QED) is 0.406. The lowest BCUT2D eigenvalue weighted by atomic mass is 9.93. The van der Waals surface area contributed by atoms with Crippen LogP contribution in [0.2, 0.25) is 0 Å². The third kappa shape index (κ3) is 4.52. The highest BCUT2D eigenvalue weighted by Gasteiger charge is 2.90. The van der Waals surface area contributed by atoms with Crippen LogP contribution in [0, 0.1) is 0 Å². The Hall–Kier alpha value is -1.03. The zero-order chi connectivity index (χ0) is 22.1. The third-order valence-corrected chi connectivity index (χ3v) is 3.08. The van der Waals surface area contributed by atoms with E-state index in [1.54, 1.807) is 0 Å². The third-order valence-electron chi connectivity index (χ3n) is 3.08. The number of aliphatic hydroxyl groups excluding tert-OH is 2. The molecule has 0 spiro atoms. The van der Waals surface area contributed by atoms with E-state index in [0.717, 1.165) is 0 Å². The summed E-state index contributed by atoms with van der Waals surface area (Å²) in [7, 11) is 0. The lowest BCUT2D eigenvalue weighted by Crippen LogP contribution is -2.70. The Morgan fingerprint density at radius 3 is 1.44 bits per heavy atom. The van der Waals surface area contributed by atoms with Crippen molar-refractivity contribution in [3.05, 3.63) is 0 Å². The minimum atomic E-state index is -7.93. The summed E-state index contributed by atoms with van der Waals surface area (Å²) in [5.41, 5.74) is 0. The lowest BCUT2D eigenvalue weighted by Gasteiger charge is -2.39. The summed E-state index contributed by atoms with van der Waals surface area (Å²) in [4.78, 5) is 0. The van der Waals surface area contributed by atoms with Gasteiger partial charge in [-0.1, -0.05) is 0 Å². The van der Waals surface area contributed by atoms with Gasteiger partial charge in [0.2, 0.25) is 0 Å². The van der Waals surface area contributed by atoms with Crippen molar-refractivity contribution in [2.45, 2.75) is 48.3 Å². The number of rotatable bonds is 10. The molecule has 0 rings (SSSR count). The smallest absolute Gasteiger partial charge is 0.394 e. The van der Waals surface area contributed by atoms with E-state index in [9.17, 15) is 57.1 Å². The van der Waals surface area contributed by atoms with E-state index in [1.807, 2.05) is 0 Å². The maximum Gasteiger partial charge on any atom is 0.460 e. The number of hydrogen-bond acceptors (Lipinski definition) is 3. The molecule has 1 atom stereocenters. The molecular weight excluding hydrogens is 427 g/mol. The highest BCUT2D eigenvalue weighted by atomic mass is 19.4. The van der Waals surface area contributed by atoms with Gasteiger partial charge in [-0.15, -0.1) is 0 Å². The molecule has 0 aromatic heterocycles. The van der Waals surface area contributed by atoms with Crippen molar-refractivity contribution < 1.29 is 72.0 Å². The fourth-order valence-corrected chi connectivity index (χ4v) is 1.43. The minimum Gasteiger partial charge on any atom is -0.394 e. The maximum atomic E-state index is 13.2. The first-order valence-corrected chi connectivity index (χ1v) is 6.53. The molecule has 0 aliphatic rings. The molecule has 0 fully saturated rings. The molecule has 0 unspecified atom stereocenters. The Morgan fingerprint density at radius 1 is 0.667 bits per heavy atom. The molecule has 0 aromatic rings. The number of aliphatic hydroxyl groups is 2. The molecule has 0 saturated carbocycles. The molecular formula is C11H11F13O3. The highest BCUT2D eigenvalue weighted by Crippen LogP contribution is 2.60. The second-order valence-corrected chi connectivity index (χ2v) is 5.16. The summed E-state index contributed by atoms with van der Waals surface area (Å²) < 4.78 is 170. The topological polar surface area (TPSA) is 49.7 Å². The first-order valence-electron chi connectivity index (χ1n) is 6.53. The van der Waals surface area contributed by atoms with Crippen molar-refractivity contribution in [2.24, 2.45) is 0 Å². The lowest BCUT2D eigenvalue weighted by molar-refractivity contribution is -0.440. The van der Waals surface area contributed by atoms with E-state index < -0.39 is 68.1 Å². The molecule has 0 saturated heterocycles. The number of hydrogen-bond donors (Lipinski definition) is 2. The van der Waals surface area contributed by atoms with Crippen LogP contribution in [0.15, 0.2) is 0 Å². The van der Waals surface area contributed by atoms with Gasteiger partial charge in [0.05, 0.1) is 19.8 Å². The van der Waals surface area contributed by atoms with Gasteiger partial charge in [0.15, 0.2) is 0 Å². The fourth-order valence-electron chi connectivity index (χ4n) is 1.43. The Labute approximate surface area is 141 Å². The van der Waals surface area contributed by atoms with E-state index in [2.05, 4.69) is 4.74 Å². The average molecular weight is 438 g/mol. The molecule has 16 heteroatoms. The largest absolute Gasteiger partial charge is 0.460 e. The predicted molar refractivity (Wildman–Crippen MR) is 59.3 cm³/mol. The van der Waals surface area contributed by atoms with Crippen LogP contribution in [0.3, 0.4) is 0 Å². The van der Waals surface area contributed by atoms with E-state index in [1.165, 1.54) is 0 Å². The second kappa shape index (κ2) is 7.77. The summed E-state index contributed by atoms with van der Waals surface area (Å²) in [6.45, 7) is -3.61. The normalized spacial score (nSPS) is 16.6. The summed E-state index contributed by atoms with van der Waals surface area (Å²) in [6, 6.07) is 0. The van der Waals surface area contributed by atoms with Gasteiger partial charge >= 0.3 is 35.8 Å². The van der Waals surface area contributed by atoms with Crippen LogP contribution in [-0.2, 0) is 4.74 Å². The Balaban J connectivity index is 5.62. The maximum absolute atomic E-state index is 13.2. The zero-order valence-electron chi connectivity index (χ0n) is 12.6. The van der Waals surface area contributed by atoms with Crippen LogP contribution in [0.5, 0.6) is 0 Å². The van der Waals surface area contributed by atoms with Crippen molar-refractivity contribution in [3.63, 3.8) is 0 Å². The molecule has 2 N–H and O–H groups in total. The first kappa shape index (κ1) is 26.0. The summed E-state index contributed by atoms with van der Waals surface area (Å²) in [6.07, 6.45) is -11.7. The van der Waals surface area contributed by atoms with Crippen LogP contribution in [0.4, 0.5) is 57.1 Å². The van der Waals surface area contributed by atoms with Crippen LogP contribution >= 0.6 is 0 Å². The van der Waals surface area contributed by atoms with Gasteiger partial charge in [0.25, 0.3) is 0 Å². The number of ether oxygens (including phenoxy) is 1. The van der Waals surface area contributed by atoms with Crippen molar-refractivity contribution in [1.29, 1.82) is 0 Å². The molecule has 0 aliphatic carbocycles. The van der Waals surface area contributed by atoms with E-state index in [-0.39, 0.29) is 0 Å². The van der Waals surface area contributed by atoms with Crippen LogP contribution in [0.1, 0.15) is 6.42 Å². The fraction of sp³-hybridized carbons (Fsp3) is 1.00. The van der Waals surface area contributed by atoms with Gasteiger partial charge < -0.3 is 14.9 Å². The first-order chi connectivity index (χ1) is 11.7. The molecule has 0 radical (unpaired) electrons. The Kier molecular flexibility index (Phi) is 7.47. The van der Waals surface area contributed by atoms with E-state index >= 15 is 0 Å². The van der Waals surface area contributed by atoms with Crippen molar-refractivity contribution in [1.82, 2.24) is 0 Å². The van der Waals surface area contributed by atoms with Crippen molar-refractivity contribution in [2.75, 3.05) is 19.8 Å². The second-order valence-electron chi connectivity index (χ2n) is 5.16. The van der Waals surface area contributed by atoms with Crippen LogP contribution in [0.25, 0.3) is 0 Å². The molecule has 0 bridgehead atoms. The summed E-state index contributed by atoms with van der Waals surface area (Å²) in [5.74, 6) is -37.1. The number of alkyl halides is 13. The Bertz CT molecular complexity index is 488. The van der Waals surface area contributed by atoms with Crippen LogP contribution < -0.4 is 0 Å². The SMILES string of the molecule is OC[C@H](O)COCCC(F)(F)C(F)(F)C(F)(F)C(F)(F)C(F)(F)C(F)(F)F. The molecule has 0 aliphatic heterocycles. The van der Waals surface area contributed by atoms with Crippen molar-refractivity contribution in [3.8, 4) is 0 Å². The molecule has 0 heterocycles. The van der Waals surface area contributed by atoms with Gasteiger partial charge in [-0.25, -0.2) is 0 Å². The number of halogens is 13. The summed E-state index contributed by atoms with van der Waals surface area (Å²) >= 11 is 0. The van der Waals surface area contributed by atoms with Crippen LogP contribution in [-0.4, -0.2) is 71.9 Å². The van der Waals surface area contributed by atoms with E-state index in [4.69, 9.17) is 10.2 Å². The molecule has 164 valence electrons. The molecule has 0 aromatic carbocycles. The molecule has 3 nitrogen and oxygen atoms in total. The monoisotopic (exact) mass is 438 g/mol. The average Bonchev–Trinajstić information content (AvgIpc) is 2.49.